The Bertz CT molecular complexity index is 478. The zero-order chi connectivity index (χ0) is 10.3. The van der Waals surface area contributed by atoms with E-state index in [9.17, 15) is 13.2 Å². The molecule has 0 unspecified atom stereocenters. The second-order valence-electron chi connectivity index (χ2n) is 2.72. The van der Waals surface area contributed by atoms with E-state index in [4.69, 9.17) is 11.6 Å². The van der Waals surface area contributed by atoms with Crippen molar-refractivity contribution in [1.29, 1.82) is 0 Å². The first-order valence-corrected chi connectivity index (χ1v) is 5.00. The van der Waals surface area contributed by atoms with Gasteiger partial charge in [0.1, 0.15) is 5.82 Å². The van der Waals surface area contributed by atoms with Crippen LogP contribution < -0.4 is 0 Å². The maximum Gasteiger partial charge on any atom is 0.267 e. The summed E-state index contributed by atoms with van der Waals surface area (Å²) >= 11 is 6.93. The molecule has 0 fully saturated rings. The average molecular weight is 237 g/mol. The summed E-state index contributed by atoms with van der Waals surface area (Å²) in [6, 6.07) is 2.39. The van der Waals surface area contributed by atoms with Crippen molar-refractivity contribution in [2.45, 2.75) is 6.43 Å². The summed E-state index contributed by atoms with van der Waals surface area (Å²) in [5.74, 6) is -0.948. The predicted molar refractivity (Wildman–Crippen MR) is 51.8 cm³/mol. The summed E-state index contributed by atoms with van der Waals surface area (Å²) in [6.45, 7) is 0. The first-order chi connectivity index (χ1) is 6.61. The number of alkyl halides is 2. The quantitative estimate of drug-likeness (QED) is 0.677. The molecule has 0 N–H and O–H groups in total. The van der Waals surface area contributed by atoms with Gasteiger partial charge >= 0.3 is 0 Å². The van der Waals surface area contributed by atoms with Crippen LogP contribution >= 0.6 is 22.9 Å². The molecule has 1 aromatic carbocycles. The molecule has 5 heteroatoms. The zero-order valence-electron chi connectivity index (χ0n) is 6.73. The Morgan fingerprint density at radius 1 is 1.36 bits per heavy atom. The van der Waals surface area contributed by atoms with Crippen LogP contribution in [0.2, 0.25) is 5.02 Å². The maximum atomic E-state index is 13.1. The van der Waals surface area contributed by atoms with Crippen LogP contribution in [0.25, 0.3) is 10.1 Å². The third kappa shape index (κ3) is 1.38. The van der Waals surface area contributed by atoms with Crippen molar-refractivity contribution in [3.8, 4) is 0 Å². The maximum absolute atomic E-state index is 13.1. The van der Waals surface area contributed by atoms with Gasteiger partial charge in [-0.05, 0) is 17.5 Å². The predicted octanol–water partition coefficient (Wildman–Crippen LogP) is 4.63. The van der Waals surface area contributed by atoms with Gasteiger partial charge in [-0.25, -0.2) is 13.2 Å². The Kier molecular flexibility index (Phi) is 2.41. The van der Waals surface area contributed by atoms with Crippen LogP contribution in [0, 0.1) is 5.82 Å². The number of fused-ring (bicyclic) bond motifs is 1. The van der Waals surface area contributed by atoms with Crippen LogP contribution in [-0.4, -0.2) is 0 Å². The topological polar surface area (TPSA) is 0 Å². The monoisotopic (exact) mass is 236 g/mol. The Morgan fingerprint density at radius 3 is 2.71 bits per heavy atom. The molecule has 0 radical (unpaired) electrons. The standard InChI is InChI=1S/C9H4ClF3S/c10-5-3-6(11)7(9(12)13)4-1-2-14-8(4)5/h1-3,9H. The van der Waals surface area contributed by atoms with Gasteiger partial charge in [0, 0.05) is 5.39 Å². The van der Waals surface area contributed by atoms with Gasteiger partial charge < -0.3 is 0 Å². The highest BCUT2D eigenvalue weighted by Gasteiger charge is 2.19. The van der Waals surface area contributed by atoms with Crippen molar-refractivity contribution in [1.82, 2.24) is 0 Å². The summed E-state index contributed by atoms with van der Waals surface area (Å²) in [4.78, 5) is 0. The summed E-state index contributed by atoms with van der Waals surface area (Å²) in [5, 5.41) is 1.99. The van der Waals surface area contributed by atoms with E-state index in [1.54, 1.807) is 5.38 Å². The fraction of sp³-hybridized carbons (Fsp3) is 0.111. The molecule has 0 aliphatic heterocycles. The highest BCUT2D eigenvalue weighted by molar-refractivity contribution is 7.17. The molecule has 0 saturated carbocycles. The van der Waals surface area contributed by atoms with E-state index < -0.39 is 17.8 Å². The van der Waals surface area contributed by atoms with Gasteiger partial charge in [0.2, 0.25) is 0 Å². The lowest BCUT2D eigenvalue weighted by atomic mass is 10.1. The lowest BCUT2D eigenvalue weighted by Gasteiger charge is -2.04. The number of rotatable bonds is 1. The highest BCUT2D eigenvalue weighted by Crippen LogP contribution is 2.37. The van der Waals surface area contributed by atoms with Crippen molar-refractivity contribution < 1.29 is 13.2 Å². The van der Waals surface area contributed by atoms with Crippen molar-refractivity contribution in [3.05, 3.63) is 33.9 Å². The Balaban J connectivity index is 2.86. The molecule has 0 amide bonds. The van der Waals surface area contributed by atoms with Gasteiger partial charge in [0.05, 0.1) is 15.3 Å². The molecule has 1 heterocycles. The lowest BCUT2D eigenvalue weighted by molar-refractivity contribution is 0.148. The molecule has 2 rings (SSSR count). The van der Waals surface area contributed by atoms with Gasteiger partial charge in [0.25, 0.3) is 6.43 Å². The molecule has 0 spiro atoms. The Labute approximate surface area is 86.9 Å². The number of benzene rings is 1. The van der Waals surface area contributed by atoms with Crippen molar-refractivity contribution in [3.63, 3.8) is 0 Å². The summed E-state index contributed by atoms with van der Waals surface area (Å²) < 4.78 is 38.6. The van der Waals surface area contributed by atoms with E-state index in [2.05, 4.69) is 0 Å². The third-order valence-electron chi connectivity index (χ3n) is 1.90. The van der Waals surface area contributed by atoms with Gasteiger partial charge in [0.15, 0.2) is 0 Å². The van der Waals surface area contributed by atoms with E-state index in [0.717, 1.165) is 6.07 Å². The molecule has 0 aliphatic rings. The normalized spacial score (nSPS) is 11.5. The molecule has 0 bridgehead atoms. The van der Waals surface area contributed by atoms with E-state index in [0.29, 0.717) is 4.70 Å². The van der Waals surface area contributed by atoms with Crippen LogP contribution in [0.5, 0.6) is 0 Å². The molecule has 74 valence electrons. The smallest absolute Gasteiger partial charge is 0.206 e. The molecule has 0 aliphatic carbocycles. The fourth-order valence-corrected chi connectivity index (χ4v) is 2.46. The SMILES string of the molecule is Fc1cc(Cl)c2sccc2c1C(F)F. The number of hydrogen-bond donors (Lipinski definition) is 0. The van der Waals surface area contributed by atoms with Crippen LogP contribution in [0.4, 0.5) is 13.2 Å². The fourth-order valence-electron chi connectivity index (χ4n) is 1.31. The van der Waals surface area contributed by atoms with E-state index >= 15 is 0 Å². The lowest BCUT2D eigenvalue weighted by Crippen LogP contribution is -1.91. The van der Waals surface area contributed by atoms with Crippen molar-refractivity contribution in [2.75, 3.05) is 0 Å². The van der Waals surface area contributed by atoms with Crippen molar-refractivity contribution in [2.24, 2.45) is 0 Å². The van der Waals surface area contributed by atoms with E-state index in [1.807, 2.05) is 0 Å². The molecule has 1 aromatic heterocycles. The minimum atomic E-state index is -2.82. The van der Waals surface area contributed by atoms with E-state index in [-0.39, 0.29) is 10.4 Å². The molecule has 2 aromatic rings. The second-order valence-corrected chi connectivity index (χ2v) is 4.04. The second kappa shape index (κ2) is 3.44. The first kappa shape index (κ1) is 9.80. The number of halogens is 4. The third-order valence-corrected chi connectivity index (χ3v) is 3.26. The first-order valence-electron chi connectivity index (χ1n) is 3.74. The summed E-state index contributed by atoms with van der Waals surface area (Å²) in [6.07, 6.45) is -2.82. The van der Waals surface area contributed by atoms with Crippen LogP contribution in [0.3, 0.4) is 0 Å². The summed E-state index contributed by atoms with van der Waals surface area (Å²) in [5.41, 5.74) is -0.564. The molecular weight excluding hydrogens is 233 g/mol. The average Bonchev–Trinajstić information content (AvgIpc) is 2.51. The molecule has 14 heavy (non-hydrogen) atoms. The van der Waals surface area contributed by atoms with Crippen LogP contribution in [0.1, 0.15) is 12.0 Å². The summed E-state index contributed by atoms with van der Waals surface area (Å²) in [7, 11) is 0. The van der Waals surface area contributed by atoms with Crippen LogP contribution in [-0.2, 0) is 0 Å². The van der Waals surface area contributed by atoms with Gasteiger partial charge in [-0.15, -0.1) is 11.3 Å². The number of thiophene rings is 1. The minimum absolute atomic E-state index is 0.178. The Morgan fingerprint density at radius 2 is 2.07 bits per heavy atom. The van der Waals surface area contributed by atoms with Crippen LogP contribution in [0.15, 0.2) is 17.5 Å². The molecular formula is C9H4ClF3S. The Hall–Kier alpha value is -0.740. The van der Waals surface area contributed by atoms with E-state index in [1.165, 1.54) is 17.4 Å². The van der Waals surface area contributed by atoms with Gasteiger partial charge in [-0.1, -0.05) is 11.6 Å². The highest BCUT2D eigenvalue weighted by atomic mass is 35.5. The van der Waals surface area contributed by atoms with Gasteiger partial charge in [-0.2, -0.15) is 0 Å². The van der Waals surface area contributed by atoms with Gasteiger partial charge in [-0.3, -0.25) is 0 Å². The molecule has 0 atom stereocenters. The zero-order valence-corrected chi connectivity index (χ0v) is 8.30. The minimum Gasteiger partial charge on any atom is -0.206 e. The van der Waals surface area contributed by atoms with Crippen molar-refractivity contribution >= 4 is 33.0 Å². The molecule has 0 saturated heterocycles. The number of hydrogen-bond acceptors (Lipinski definition) is 1. The largest absolute Gasteiger partial charge is 0.267 e. The molecule has 0 nitrogen and oxygen atoms in total.